The molecule has 0 saturated heterocycles. The summed E-state index contributed by atoms with van der Waals surface area (Å²) in [5, 5.41) is 17.9. The Balaban J connectivity index is 5.23. The Morgan fingerprint density at radius 3 is 1.31 bits per heavy atom. The van der Waals surface area contributed by atoms with Crippen LogP contribution in [0.1, 0.15) is 27.7 Å². The lowest BCUT2D eigenvalue weighted by Crippen LogP contribution is -2.49. The molecule has 0 aromatic rings. The van der Waals surface area contributed by atoms with Gasteiger partial charge in [-0.05, 0) is 27.7 Å². The van der Waals surface area contributed by atoms with Gasteiger partial charge in [-0.15, -0.1) is 0 Å². The third-order valence-corrected chi connectivity index (χ3v) is 5.38. The zero-order valence-electron chi connectivity index (χ0n) is 8.53. The standard InChI is InChI=1S/C8H18O4S/c1-7(2,5-9)13(11,12)8(3,4)6-10/h9-10H,5-6H2,1-4H3. The van der Waals surface area contributed by atoms with Gasteiger partial charge in [0, 0.05) is 0 Å². The molecule has 2 N–H and O–H groups in total. The lowest BCUT2D eigenvalue weighted by Gasteiger charge is -2.32. The van der Waals surface area contributed by atoms with Crippen LogP contribution < -0.4 is 0 Å². The van der Waals surface area contributed by atoms with Gasteiger partial charge in [-0.3, -0.25) is 0 Å². The monoisotopic (exact) mass is 210 g/mol. The molecule has 80 valence electrons. The number of aliphatic hydroxyl groups is 2. The first-order valence-electron chi connectivity index (χ1n) is 4.08. The fourth-order valence-corrected chi connectivity index (χ4v) is 2.75. The molecule has 0 unspecified atom stereocenters. The molecule has 4 nitrogen and oxygen atoms in total. The molecule has 0 atom stereocenters. The SMILES string of the molecule is CC(C)(CO)S(=O)(=O)C(C)(C)CO. The summed E-state index contributed by atoms with van der Waals surface area (Å²) in [6.45, 7) is 4.89. The Labute approximate surface area is 79.5 Å². The van der Waals surface area contributed by atoms with Crippen molar-refractivity contribution in [3.8, 4) is 0 Å². The van der Waals surface area contributed by atoms with Crippen LogP contribution in [0.5, 0.6) is 0 Å². The summed E-state index contributed by atoms with van der Waals surface area (Å²) >= 11 is 0. The molecule has 0 aliphatic carbocycles. The molecule has 0 rings (SSSR count). The molecule has 0 aromatic carbocycles. The van der Waals surface area contributed by atoms with Crippen LogP contribution in [0.3, 0.4) is 0 Å². The first-order valence-corrected chi connectivity index (χ1v) is 5.56. The van der Waals surface area contributed by atoms with Crippen molar-refractivity contribution in [1.29, 1.82) is 0 Å². The van der Waals surface area contributed by atoms with Crippen LogP contribution >= 0.6 is 0 Å². The van der Waals surface area contributed by atoms with Gasteiger partial charge in [0.2, 0.25) is 0 Å². The summed E-state index contributed by atoms with van der Waals surface area (Å²) in [6, 6.07) is 0. The van der Waals surface area contributed by atoms with Crippen molar-refractivity contribution in [3.63, 3.8) is 0 Å². The van der Waals surface area contributed by atoms with E-state index >= 15 is 0 Å². The molecule has 0 aromatic heterocycles. The second-order valence-electron chi connectivity index (χ2n) is 4.34. The molecule has 0 amide bonds. The predicted octanol–water partition coefficient (Wildman–Crippen LogP) is -0.0570. The zero-order chi connectivity index (χ0) is 10.9. The van der Waals surface area contributed by atoms with Crippen molar-refractivity contribution < 1.29 is 18.6 Å². The minimum absolute atomic E-state index is 0.446. The van der Waals surface area contributed by atoms with Gasteiger partial charge in [0.15, 0.2) is 9.84 Å². The topological polar surface area (TPSA) is 74.6 Å². The number of sulfone groups is 1. The maximum Gasteiger partial charge on any atom is 0.165 e. The van der Waals surface area contributed by atoms with Crippen LogP contribution in [-0.2, 0) is 9.84 Å². The lowest BCUT2D eigenvalue weighted by atomic mass is 10.2. The molecule has 13 heavy (non-hydrogen) atoms. The molecule has 0 fully saturated rings. The highest BCUT2D eigenvalue weighted by Crippen LogP contribution is 2.28. The third kappa shape index (κ3) is 2.03. The molecule has 0 bridgehead atoms. The van der Waals surface area contributed by atoms with Crippen molar-refractivity contribution in [2.24, 2.45) is 0 Å². The molecular weight excluding hydrogens is 192 g/mol. The Hall–Kier alpha value is -0.130. The van der Waals surface area contributed by atoms with Crippen LogP contribution in [0, 0.1) is 0 Å². The molecule has 0 heterocycles. The van der Waals surface area contributed by atoms with E-state index < -0.39 is 32.5 Å². The van der Waals surface area contributed by atoms with Crippen LogP contribution in [0.2, 0.25) is 0 Å². The molecular formula is C8H18O4S. The van der Waals surface area contributed by atoms with Crippen molar-refractivity contribution >= 4 is 9.84 Å². The van der Waals surface area contributed by atoms with Gasteiger partial charge >= 0.3 is 0 Å². The summed E-state index contributed by atoms with van der Waals surface area (Å²) < 4.78 is 21.2. The minimum Gasteiger partial charge on any atom is -0.395 e. The highest BCUT2D eigenvalue weighted by atomic mass is 32.2. The smallest absolute Gasteiger partial charge is 0.165 e. The van der Waals surface area contributed by atoms with Gasteiger partial charge < -0.3 is 10.2 Å². The Morgan fingerprint density at radius 1 is 0.923 bits per heavy atom. The van der Waals surface area contributed by atoms with E-state index in [-0.39, 0.29) is 0 Å². The summed E-state index contributed by atoms with van der Waals surface area (Å²) in [7, 11) is -3.54. The molecule has 0 aliphatic heterocycles. The van der Waals surface area contributed by atoms with Crippen LogP contribution in [-0.4, -0.2) is 41.3 Å². The lowest BCUT2D eigenvalue weighted by molar-refractivity contribution is 0.238. The van der Waals surface area contributed by atoms with Crippen molar-refractivity contribution in [1.82, 2.24) is 0 Å². The normalized spacial score (nSPS) is 14.6. The van der Waals surface area contributed by atoms with Gasteiger partial charge in [0.1, 0.15) is 0 Å². The summed E-state index contributed by atoms with van der Waals surface area (Å²) in [5.41, 5.74) is 0. The average molecular weight is 210 g/mol. The number of aliphatic hydroxyl groups excluding tert-OH is 2. The Kier molecular flexibility index (Phi) is 3.52. The summed E-state index contributed by atoms with van der Waals surface area (Å²) in [5.74, 6) is 0. The molecule has 5 heteroatoms. The summed E-state index contributed by atoms with van der Waals surface area (Å²) in [6.07, 6.45) is 0. The maximum atomic E-state index is 11.8. The first-order chi connectivity index (χ1) is 5.62. The number of rotatable bonds is 4. The highest BCUT2D eigenvalue weighted by molar-refractivity contribution is 7.94. The zero-order valence-corrected chi connectivity index (χ0v) is 9.35. The van der Waals surface area contributed by atoms with Gasteiger partial charge in [-0.1, -0.05) is 0 Å². The second-order valence-corrected chi connectivity index (χ2v) is 7.56. The maximum absolute atomic E-state index is 11.8. The van der Waals surface area contributed by atoms with E-state index in [0.29, 0.717) is 0 Å². The van der Waals surface area contributed by atoms with Gasteiger partial charge in [0.05, 0.1) is 22.7 Å². The van der Waals surface area contributed by atoms with E-state index in [0.717, 1.165) is 0 Å². The van der Waals surface area contributed by atoms with Gasteiger partial charge in [-0.2, -0.15) is 0 Å². The van der Waals surface area contributed by atoms with E-state index in [2.05, 4.69) is 0 Å². The van der Waals surface area contributed by atoms with E-state index in [1.54, 1.807) is 0 Å². The van der Waals surface area contributed by atoms with Crippen LogP contribution in [0.15, 0.2) is 0 Å². The Morgan fingerprint density at radius 2 is 1.15 bits per heavy atom. The van der Waals surface area contributed by atoms with Gasteiger partial charge in [-0.25, -0.2) is 8.42 Å². The first kappa shape index (κ1) is 12.9. The van der Waals surface area contributed by atoms with Crippen molar-refractivity contribution in [2.75, 3.05) is 13.2 Å². The van der Waals surface area contributed by atoms with Crippen LogP contribution in [0.4, 0.5) is 0 Å². The fourth-order valence-electron chi connectivity index (χ4n) is 0.918. The van der Waals surface area contributed by atoms with E-state index in [9.17, 15) is 8.42 Å². The third-order valence-electron chi connectivity index (χ3n) is 2.22. The minimum atomic E-state index is -3.54. The van der Waals surface area contributed by atoms with Crippen molar-refractivity contribution in [3.05, 3.63) is 0 Å². The number of hydrogen-bond acceptors (Lipinski definition) is 4. The highest BCUT2D eigenvalue weighted by Gasteiger charge is 2.45. The van der Waals surface area contributed by atoms with Crippen molar-refractivity contribution in [2.45, 2.75) is 37.2 Å². The fraction of sp³-hybridized carbons (Fsp3) is 1.00. The van der Waals surface area contributed by atoms with E-state index in [4.69, 9.17) is 10.2 Å². The predicted molar refractivity (Wildman–Crippen MR) is 51.2 cm³/mol. The molecule has 0 spiro atoms. The largest absolute Gasteiger partial charge is 0.395 e. The van der Waals surface area contributed by atoms with E-state index in [1.165, 1.54) is 27.7 Å². The van der Waals surface area contributed by atoms with Crippen LogP contribution in [0.25, 0.3) is 0 Å². The summed E-state index contributed by atoms with van der Waals surface area (Å²) in [4.78, 5) is 0. The molecule has 0 saturated carbocycles. The Bertz CT molecular complexity index is 242. The van der Waals surface area contributed by atoms with Gasteiger partial charge in [0.25, 0.3) is 0 Å². The molecule has 0 radical (unpaired) electrons. The van der Waals surface area contributed by atoms with E-state index in [1.807, 2.05) is 0 Å². The molecule has 0 aliphatic rings. The average Bonchev–Trinajstić information content (AvgIpc) is 2.03. The second kappa shape index (κ2) is 3.55. The number of hydrogen-bond donors (Lipinski definition) is 2. The quantitative estimate of drug-likeness (QED) is 0.682.